The summed E-state index contributed by atoms with van der Waals surface area (Å²) in [5.41, 5.74) is 1.75. The van der Waals surface area contributed by atoms with Gasteiger partial charge in [0, 0.05) is 24.9 Å². The van der Waals surface area contributed by atoms with Crippen LogP contribution in [-0.4, -0.2) is 31.6 Å². The van der Waals surface area contributed by atoms with Crippen molar-refractivity contribution in [3.8, 4) is 5.75 Å². The number of amides is 2. The summed E-state index contributed by atoms with van der Waals surface area (Å²) in [5.74, 6) is 0.101. The molecule has 0 saturated carbocycles. The number of carbonyl (C=O) groups excluding carboxylic acids is 2. The first kappa shape index (κ1) is 18.5. The maximum Gasteiger partial charge on any atom is 0.259 e. The highest BCUT2D eigenvalue weighted by Crippen LogP contribution is 2.20. The highest BCUT2D eigenvalue weighted by Gasteiger charge is 2.12. The van der Waals surface area contributed by atoms with E-state index < -0.39 is 0 Å². The van der Waals surface area contributed by atoms with Crippen molar-refractivity contribution in [2.75, 3.05) is 30.5 Å². The molecule has 2 aromatic rings. The average molecular weight is 342 g/mol. The molecule has 0 heterocycles. The second-order valence-corrected chi connectivity index (χ2v) is 5.25. The third-order valence-electron chi connectivity index (χ3n) is 3.28. The fourth-order valence-electron chi connectivity index (χ4n) is 2.17. The minimum absolute atomic E-state index is 0.144. The van der Waals surface area contributed by atoms with Crippen molar-refractivity contribution in [1.29, 1.82) is 0 Å². The van der Waals surface area contributed by atoms with Gasteiger partial charge in [-0.05, 0) is 43.3 Å². The summed E-state index contributed by atoms with van der Waals surface area (Å²) in [7, 11) is 0. The van der Waals surface area contributed by atoms with E-state index in [9.17, 15) is 9.59 Å². The van der Waals surface area contributed by atoms with Crippen LogP contribution in [0.15, 0.2) is 48.5 Å². The zero-order chi connectivity index (χ0) is 18.1. The third-order valence-corrected chi connectivity index (χ3v) is 3.28. The van der Waals surface area contributed by atoms with Crippen molar-refractivity contribution in [3.05, 3.63) is 54.1 Å². The number of benzene rings is 2. The molecule has 6 nitrogen and oxygen atoms in total. The molecule has 2 aromatic carbocycles. The van der Waals surface area contributed by atoms with Crippen molar-refractivity contribution in [2.45, 2.75) is 13.8 Å². The molecular weight excluding hydrogens is 320 g/mol. The van der Waals surface area contributed by atoms with Crippen LogP contribution < -0.4 is 15.4 Å². The van der Waals surface area contributed by atoms with E-state index in [-0.39, 0.29) is 11.8 Å². The Hall–Kier alpha value is -2.86. The Bertz CT molecular complexity index is 714. The lowest BCUT2D eigenvalue weighted by Gasteiger charge is -2.12. The van der Waals surface area contributed by atoms with E-state index in [2.05, 4.69) is 10.6 Å². The second kappa shape index (κ2) is 9.44. The topological polar surface area (TPSA) is 76.7 Å². The number of hydrogen-bond donors (Lipinski definition) is 2. The van der Waals surface area contributed by atoms with E-state index in [1.165, 1.54) is 6.92 Å². The molecule has 0 spiro atoms. The summed E-state index contributed by atoms with van der Waals surface area (Å²) in [6.07, 6.45) is 0. The zero-order valence-electron chi connectivity index (χ0n) is 14.4. The summed E-state index contributed by atoms with van der Waals surface area (Å²) < 4.78 is 10.9. The molecule has 0 aliphatic heterocycles. The maximum absolute atomic E-state index is 12.5. The van der Waals surface area contributed by atoms with Crippen molar-refractivity contribution in [2.24, 2.45) is 0 Å². The van der Waals surface area contributed by atoms with Crippen LogP contribution in [0.25, 0.3) is 0 Å². The Kier molecular flexibility index (Phi) is 6.98. The summed E-state index contributed by atoms with van der Waals surface area (Å²) in [4.78, 5) is 23.5. The molecule has 2 amide bonds. The molecule has 0 atom stereocenters. The monoisotopic (exact) mass is 342 g/mol. The van der Waals surface area contributed by atoms with Crippen LogP contribution in [0.5, 0.6) is 5.75 Å². The van der Waals surface area contributed by atoms with Crippen LogP contribution in [0.1, 0.15) is 24.2 Å². The molecule has 6 heteroatoms. The van der Waals surface area contributed by atoms with Crippen LogP contribution in [0.4, 0.5) is 11.4 Å². The van der Waals surface area contributed by atoms with Gasteiger partial charge in [0.1, 0.15) is 12.4 Å². The minimum atomic E-state index is -0.265. The van der Waals surface area contributed by atoms with Crippen LogP contribution >= 0.6 is 0 Å². The summed E-state index contributed by atoms with van der Waals surface area (Å²) in [6.45, 7) is 4.83. The lowest BCUT2D eigenvalue weighted by molar-refractivity contribution is -0.114. The van der Waals surface area contributed by atoms with E-state index in [1.54, 1.807) is 42.5 Å². The Morgan fingerprint density at radius 1 is 0.920 bits per heavy atom. The molecule has 2 rings (SSSR count). The number of nitrogens with one attached hydrogen (secondary N) is 2. The molecule has 0 bridgehead atoms. The first-order chi connectivity index (χ1) is 12.1. The minimum Gasteiger partial charge on any atom is -0.490 e. The summed E-state index contributed by atoms with van der Waals surface area (Å²) in [5, 5.41) is 5.49. The van der Waals surface area contributed by atoms with Crippen LogP contribution in [0.3, 0.4) is 0 Å². The van der Waals surface area contributed by atoms with E-state index in [0.29, 0.717) is 42.5 Å². The maximum atomic E-state index is 12.5. The molecule has 0 aliphatic carbocycles. The van der Waals surface area contributed by atoms with Gasteiger partial charge in [0.15, 0.2) is 0 Å². The predicted molar refractivity (Wildman–Crippen MR) is 97.1 cm³/mol. The van der Waals surface area contributed by atoms with Gasteiger partial charge in [0.05, 0.1) is 12.2 Å². The van der Waals surface area contributed by atoms with Crippen LogP contribution in [0.2, 0.25) is 0 Å². The van der Waals surface area contributed by atoms with Crippen molar-refractivity contribution in [1.82, 2.24) is 0 Å². The number of ether oxygens (including phenoxy) is 2. The van der Waals surface area contributed by atoms with E-state index in [4.69, 9.17) is 9.47 Å². The smallest absolute Gasteiger partial charge is 0.259 e. The van der Waals surface area contributed by atoms with Gasteiger partial charge in [-0.15, -0.1) is 0 Å². The molecule has 0 aromatic heterocycles. The van der Waals surface area contributed by atoms with Gasteiger partial charge in [-0.25, -0.2) is 0 Å². The number of para-hydroxylation sites is 1. The number of carbonyl (C=O) groups is 2. The molecule has 0 aliphatic rings. The lowest BCUT2D eigenvalue weighted by atomic mass is 10.2. The van der Waals surface area contributed by atoms with Crippen LogP contribution in [-0.2, 0) is 9.53 Å². The van der Waals surface area contributed by atoms with Crippen molar-refractivity contribution >= 4 is 23.2 Å². The van der Waals surface area contributed by atoms with Gasteiger partial charge in [-0.1, -0.05) is 12.1 Å². The highest BCUT2D eigenvalue weighted by atomic mass is 16.5. The van der Waals surface area contributed by atoms with Gasteiger partial charge >= 0.3 is 0 Å². The van der Waals surface area contributed by atoms with Gasteiger partial charge < -0.3 is 20.1 Å². The molecule has 0 saturated heterocycles. The van der Waals surface area contributed by atoms with E-state index >= 15 is 0 Å². The molecular formula is C19H22N2O4. The van der Waals surface area contributed by atoms with Gasteiger partial charge in [-0.2, -0.15) is 0 Å². The van der Waals surface area contributed by atoms with Gasteiger partial charge in [0.25, 0.3) is 5.91 Å². The number of rotatable bonds is 8. The van der Waals surface area contributed by atoms with Crippen molar-refractivity contribution in [3.63, 3.8) is 0 Å². The van der Waals surface area contributed by atoms with E-state index in [0.717, 1.165) is 0 Å². The molecule has 2 N–H and O–H groups in total. The first-order valence-electron chi connectivity index (χ1n) is 8.08. The SMILES string of the molecule is CCOCCOc1ccccc1C(=O)Nc1ccc(NC(C)=O)cc1. The lowest BCUT2D eigenvalue weighted by Crippen LogP contribution is -2.15. The quantitative estimate of drug-likeness (QED) is 0.722. The average Bonchev–Trinajstić information content (AvgIpc) is 2.60. The highest BCUT2D eigenvalue weighted by molar-refractivity contribution is 6.06. The Labute approximate surface area is 147 Å². The largest absolute Gasteiger partial charge is 0.490 e. The summed E-state index contributed by atoms with van der Waals surface area (Å²) in [6, 6.07) is 13.9. The molecule has 132 valence electrons. The molecule has 0 unspecified atom stereocenters. The fraction of sp³-hybridized carbons (Fsp3) is 0.263. The van der Waals surface area contributed by atoms with E-state index in [1.807, 2.05) is 13.0 Å². The number of hydrogen-bond acceptors (Lipinski definition) is 4. The normalized spacial score (nSPS) is 10.2. The fourth-order valence-corrected chi connectivity index (χ4v) is 2.17. The second-order valence-electron chi connectivity index (χ2n) is 5.25. The zero-order valence-corrected chi connectivity index (χ0v) is 14.4. The standard InChI is InChI=1S/C19H22N2O4/c1-3-24-12-13-25-18-7-5-4-6-17(18)19(23)21-16-10-8-15(9-11-16)20-14(2)22/h4-11H,3,12-13H2,1-2H3,(H,20,22)(H,21,23). The van der Waals surface area contributed by atoms with Crippen molar-refractivity contribution < 1.29 is 19.1 Å². The Morgan fingerprint density at radius 3 is 2.20 bits per heavy atom. The van der Waals surface area contributed by atoms with Gasteiger partial charge in [0.2, 0.25) is 5.91 Å². The first-order valence-corrected chi connectivity index (χ1v) is 8.08. The number of anilines is 2. The predicted octanol–water partition coefficient (Wildman–Crippen LogP) is 3.31. The van der Waals surface area contributed by atoms with Gasteiger partial charge in [-0.3, -0.25) is 9.59 Å². The third kappa shape index (κ3) is 5.93. The van der Waals surface area contributed by atoms with Crippen LogP contribution in [0, 0.1) is 0 Å². The Balaban J connectivity index is 2.01. The summed E-state index contributed by atoms with van der Waals surface area (Å²) >= 11 is 0. The molecule has 0 fully saturated rings. The Morgan fingerprint density at radius 2 is 1.56 bits per heavy atom. The molecule has 25 heavy (non-hydrogen) atoms. The molecule has 0 radical (unpaired) electrons.